The molecule has 3 aromatic rings. The van der Waals surface area contributed by atoms with E-state index in [4.69, 9.17) is 11.6 Å². The van der Waals surface area contributed by atoms with Crippen molar-refractivity contribution in [2.24, 2.45) is 0 Å². The Balaban J connectivity index is 1.93. The number of allylic oxidation sites excluding steroid dienone is 1. The van der Waals surface area contributed by atoms with Crippen molar-refractivity contribution in [3.63, 3.8) is 0 Å². The smallest absolute Gasteiger partial charge is 0.203 e. The molecule has 0 saturated carbocycles. The van der Waals surface area contributed by atoms with Gasteiger partial charge in [0.15, 0.2) is 0 Å². The van der Waals surface area contributed by atoms with Crippen molar-refractivity contribution in [3.8, 4) is 6.07 Å². The van der Waals surface area contributed by atoms with Gasteiger partial charge in [-0.3, -0.25) is 4.79 Å². The molecule has 0 aliphatic carbocycles. The second kappa shape index (κ2) is 8.03. The Morgan fingerprint density at radius 1 is 1.15 bits per heavy atom. The molecule has 0 radical (unpaired) electrons. The Labute approximate surface area is 163 Å². The number of halogens is 1. The SMILES string of the molecule is Cc1ccc(Cn2nc(C)c(/C=C(\C#N)C(=O)c3ccccc3)c2Cl)cc1. The first kappa shape index (κ1) is 18.6. The Bertz CT molecular complexity index is 1040. The summed E-state index contributed by atoms with van der Waals surface area (Å²) in [7, 11) is 0. The molecule has 0 aliphatic heterocycles. The molecule has 5 heteroatoms. The van der Waals surface area contributed by atoms with Crippen LogP contribution < -0.4 is 0 Å². The highest BCUT2D eigenvalue weighted by Gasteiger charge is 2.17. The lowest BCUT2D eigenvalue weighted by molar-refractivity contribution is 0.104. The number of hydrogen-bond acceptors (Lipinski definition) is 3. The van der Waals surface area contributed by atoms with E-state index in [0.717, 1.165) is 5.56 Å². The third-order valence-electron chi connectivity index (χ3n) is 4.25. The summed E-state index contributed by atoms with van der Waals surface area (Å²) in [5, 5.41) is 14.3. The van der Waals surface area contributed by atoms with Gasteiger partial charge in [0.05, 0.1) is 12.2 Å². The van der Waals surface area contributed by atoms with Crippen molar-refractivity contribution in [1.29, 1.82) is 5.26 Å². The van der Waals surface area contributed by atoms with E-state index in [9.17, 15) is 10.1 Å². The second-order valence-electron chi connectivity index (χ2n) is 6.30. The standard InChI is InChI=1S/C22H18ClN3O/c1-15-8-10-17(11-9-15)14-26-22(23)20(16(2)25-26)12-19(13-24)21(27)18-6-4-3-5-7-18/h3-12H,14H2,1-2H3/b19-12+. The van der Waals surface area contributed by atoms with Crippen LogP contribution in [-0.4, -0.2) is 15.6 Å². The zero-order valence-corrected chi connectivity index (χ0v) is 15.9. The number of aromatic nitrogens is 2. The van der Waals surface area contributed by atoms with Crippen LogP contribution in [0.2, 0.25) is 5.15 Å². The van der Waals surface area contributed by atoms with E-state index in [1.165, 1.54) is 11.6 Å². The number of ketones is 1. The fourth-order valence-corrected chi connectivity index (χ4v) is 3.03. The molecule has 2 aromatic carbocycles. The number of nitrogens with zero attached hydrogens (tertiary/aromatic N) is 3. The van der Waals surface area contributed by atoms with E-state index in [2.05, 4.69) is 5.10 Å². The number of carbonyl (C=O) groups is 1. The highest BCUT2D eigenvalue weighted by molar-refractivity contribution is 6.31. The van der Waals surface area contributed by atoms with E-state index in [0.29, 0.717) is 28.5 Å². The van der Waals surface area contributed by atoms with Crippen LogP contribution in [0.1, 0.15) is 32.7 Å². The average molecular weight is 376 g/mol. The number of rotatable bonds is 5. The predicted molar refractivity (Wildman–Crippen MR) is 107 cm³/mol. The average Bonchev–Trinajstić information content (AvgIpc) is 2.95. The van der Waals surface area contributed by atoms with E-state index in [1.807, 2.05) is 50.2 Å². The number of aryl methyl sites for hydroxylation is 2. The van der Waals surface area contributed by atoms with Gasteiger partial charge in [-0.15, -0.1) is 0 Å². The fourth-order valence-electron chi connectivity index (χ4n) is 2.74. The van der Waals surface area contributed by atoms with Gasteiger partial charge in [-0.05, 0) is 25.5 Å². The lowest BCUT2D eigenvalue weighted by Crippen LogP contribution is -2.02. The van der Waals surface area contributed by atoms with Crippen LogP contribution in [0.5, 0.6) is 0 Å². The van der Waals surface area contributed by atoms with Crippen molar-refractivity contribution >= 4 is 23.5 Å². The van der Waals surface area contributed by atoms with Crippen molar-refractivity contribution in [3.05, 3.63) is 93.3 Å². The first-order chi connectivity index (χ1) is 13.0. The third kappa shape index (κ3) is 4.16. The highest BCUT2D eigenvalue weighted by Crippen LogP contribution is 2.24. The molecular weight excluding hydrogens is 358 g/mol. The van der Waals surface area contributed by atoms with Crippen LogP contribution in [0.15, 0.2) is 60.2 Å². The van der Waals surface area contributed by atoms with Crippen molar-refractivity contribution in [2.75, 3.05) is 0 Å². The maximum atomic E-state index is 12.6. The third-order valence-corrected chi connectivity index (χ3v) is 4.65. The molecule has 0 saturated heterocycles. The molecule has 1 aromatic heterocycles. The van der Waals surface area contributed by atoms with Gasteiger partial charge in [0.25, 0.3) is 0 Å². The van der Waals surface area contributed by atoms with E-state index >= 15 is 0 Å². The highest BCUT2D eigenvalue weighted by atomic mass is 35.5. The summed E-state index contributed by atoms with van der Waals surface area (Å²) < 4.78 is 1.68. The molecular formula is C22H18ClN3O. The van der Waals surface area contributed by atoms with Crippen molar-refractivity contribution in [1.82, 2.24) is 9.78 Å². The Morgan fingerprint density at radius 3 is 2.44 bits per heavy atom. The number of carbonyl (C=O) groups excluding carboxylic acids is 1. The molecule has 0 spiro atoms. The minimum absolute atomic E-state index is 0.0288. The molecule has 134 valence electrons. The summed E-state index contributed by atoms with van der Waals surface area (Å²) in [6.07, 6.45) is 1.52. The zero-order valence-electron chi connectivity index (χ0n) is 15.1. The van der Waals surface area contributed by atoms with Crippen LogP contribution >= 0.6 is 11.6 Å². The Kier molecular flexibility index (Phi) is 5.54. The van der Waals surface area contributed by atoms with Crippen LogP contribution in [0.3, 0.4) is 0 Å². The Morgan fingerprint density at radius 2 is 1.81 bits per heavy atom. The van der Waals surface area contributed by atoms with E-state index in [1.54, 1.807) is 28.9 Å². The molecule has 27 heavy (non-hydrogen) atoms. The van der Waals surface area contributed by atoms with E-state index in [-0.39, 0.29) is 11.4 Å². The fraction of sp³-hybridized carbons (Fsp3) is 0.136. The minimum Gasteiger partial charge on any atom is -0.288 e. The molecule has 0 aliphatic rings. The van der Waals surface area contributed by atoms with E-state index < -0.39 is 0 Å². The second-order valence-corrected chi connectivity index (χ2v) is 6.66. The van der Waals surface area contributed by atoms with Gasteiger partial charge in [-0.2, -0.15) is 10.4 Å². The van der Waals surface area contributed by atoms with Crippen molar-refractivity contribution < 1.29 is 4.79 Å². The maximum absolute atomic E-state index is 12.6. The van der Waals surface area contributed by atoms with Gasteiger partial charge in [-0.25, -0.2) is 4.68 Å². The van der Waals surface area contributed by atoms with Crippen LogP contribution in [0.25, 0.3) is 6.08 Å². The molecule has 0 fully saturated rings. The number of benzene rings is 2. The summed E-state index contributed by atoms with van der Waals surface area (Å²) in [5.74, 6) is -0.333. The quantitative estimate of drug-likeness (QED) is 0.358. The molecule has 1 heterocycles. The zero-order chi connectivity index (χ0) is 19.4. The van der Waals surface area contributed by atoms with Crippen LogP contribution in [0.4, 0.5) is 0 Å². The number of nitriles is 1. The normalized spacial score (nSPS) is 11.3. The van der Waals surface area contributed by atoms with Crippen molar-refractivity contribution in [2.45, 2.75) is 20.4 Å². The van der Waals surface area contributed by atoms with Crippen LogP contribution in [0, 0.1) is 25.2 Å². The monoisotopic (exact) mass is 375 g/mol. The molecule has 4 nitrogen and oxygen atoms in total. The van der Waals surface area contributed by atoms with Gasteiger partial charge < -0.3 is 0 Å². The summed E-state index contributed by atoms with van der Waals surface area (Å²) in [6, 6.07) is 18.8. The first-order valence-electron chi connectivity index (χ1n) is 8.49. The number of Topliss-reactive ketones (excluding diaryl/α,β-unsaturated/α-hetero) is 1. The summed E-state index contributed by atoms with van der Waals surface area (Å²) in [4.78, 5) is 12.6. The molecule has 0 amide bonds. The minimum atomic E-state index is -0.333. The van der Waals surface area contributed by atoms with Gasteiger partial charge in [0, 0.05) is 11.1 Å². The van der Waals surface area contributed by atoms with Gasteiger partial charge >= 0.3 is 0 Å². The molecule has 0 bridgehead atoms. The van der Waals surface area contributed by atoms with Gasteiger partial charge in [-0.1, -0.05) is 71.8 Å². The lowest BCUT2D eigenvalue weighted by atomic mass is 10.0. The van der Waals surface area contributed by atoms with Gasteiger partial charge in [0.2, 0.25) is 5.78 Å². The number of hydrogen-bond donors (Lipinski definition) is 0. The predicted octanol–water partition coefficient (Wildman–Crippen LogP) is 4.99. The molecule has 0 atom stereocenters. The summed E-state index contributed by atoms with van der Waals surface area (Å²) >= 11 is 6.50. The summed E-state index contributed by atoms with van der Waals surface area (Å²) in [5.41, 5.74) is 4.00. The molecule has 3 rings (SSSR count). The maximum Gasteiger partial charge on any atom is 0.203 e. The molecule has 0 N–H and O–H groups in total. The van der Waals surface area contributed by atoms with Gasteiger partial charge in [0.1, 0.15) is 16.8 Å². The first-order valence-corrected chi connectivity index (χ1v) is 8.87. The lowest BCUT2D eigenvalue weighted by Gasteiger charge is -2.04. The van der Waals surface area contributed by atoms with Crippen LogP contribution in [-0.2, 0) is 6.54 Å². The topological polar surface area (TPSA) is 58.7 Å². The Hall–Kier alpha value is -3.16. The summed E-state index contributed by atoms with van der Waals surface area (Å²) in [6.45, 7) is 4.36. The molecule has 0 unspecified atom stereocenters. The largest absolute Gasteiger partial charge is 0.288 e.